The van der Waals surface area contributed by atoms with Crippen LogP contribution in [0.25, 0.3) is 0 Å². The largest absolute Gasteiger partial charge is 0.494 e. The number of nitrogens with zero attached hydrogens (tertiary/aromatic N) is 1. The van der Waals surface area contributed by atoms with E-state index in [1.165, 1.54) is 31.4 Å². The molecule has 0 bridgehead atoms. The van der Waals surface area contributed by atoms with Crippen LogP contribution in [-0.2, 0) is 16.0 Å². The third-order valence-corrected chi connectivity index (χ3v) is 3.46. The van der Waals surface area contributed by atoms with Gasteiger partial charge in [0.25, 0.3) is 5.69 Å². The normalized spacial score (nSPS) is 10.1. The van der Waals surface area contributed by atoms with E-state index in [0.29, 0.717) is 6.42 Å². The molecule has 2 rings (SSSR count). The monoisotopic (exact) mass is 361 g/mol. The van der Waals surface area contributed by atoms with E-state index in [-0.39, 0.29) is 29.5 Å². The molecule has 0 saturated heterocycles. The summed E-state index contributed by atoms with van der Waals surface area (Å²) in [7, 11) is 1.29. The Hall–Kier alpha value is -3.49. The highest BCUT2D eigenvalue weighted by atomic mass is 19.1. The molecule has 0 aliphatic heterocycles. The number of amides is 2. The lowest BCUT2D eigenvalue weighted by Crippen LogP contribution is -2.36. The van der Waals surface area contributed by atoms with Gasteiger partial charge in [-0.2, -0.15) is 0 Å². The maximum atomic E-state index is 12.8. The topological polar surface area (TPSA) is 111 Å². The lowest BCUT2D eigenvalue weighted by molar-refractivity contribution is -0.384. The smallest absolute Gasteiger partial charge is 0.313 e. The van der Waals surface area contributed by atoms with Crippen LogP contribution in [0.1, 0.15) is 5.56 Å². The van der Waals surface area contributed by atoms with Crippen molar-refractivity contribution >= 4 is 23.2 Å². The predicted octanol–water partition coefficient (Wildman–Crippen LogP) is 2.04. The van der Waals surface area contributed by atoms with Gasteiger partial charge in [-0.05, 0) is 30.2 Å². The zero-order valence-electron chi connectivity index (χ0n) is 13.8. The van der Waals surface area contributed by atoms with Gasteiger partial charge in [0.05, 0.1) is 23.8 Å². The first-order chi connectivity index (χ1) is 12.4. The summed E-state index contributed by atoms with van der Waals surface area (Å²) in [6.45, 7) is 0.190. The van der Waals surface area contributed by atoms with E-state index < -0.39 is 16.7 Å². The zero-order valence-corrected chi connectivity index (χ0v) is 13.8. The van der Waals surface area contributed by atoms with Crippen LogP contribution >= 0.6 is 0 Å². The van der Waals surface area contributed by atoms with E-state index >= 15 is 0 Å². The highest BCUT2D eigenvalue weighted by molar-refractivity contribution is 6.39. The standard InChI is InChI=1S/C17H16FN3O5/c1-26-15-10-13(21(24)25)6-7-14(15)20-17(23)16(22)19-9-8-11-2-4-12(18)5-3-11/h2-7,10H,8-9H2,1H3,(H,19,22)(H,20,23). The molecular weight excluding hydrogens is 345 g/mol. The molecule has 0 spiro atoms. The molecule has 0 aliphatic rings. The van der Waals surface area contributed by atoms with Crippen LogP contribution in [0.5, 0.6) is 5.75 Å². The van der Waals surface area contributed by atoms with Gasteiger partial charge in [-0.15, -0.1) is 0 Å². The number of nitrogens with one attached hydrogen (secondary N) is 2. The number of non-ortho nitro benzene ring substituents is 1. The van der Waals surface area contributed by atoms with Gasteiger partial charge in [0, 0.05) is 12.6 Å². The SMILES string of the molecule is COc1cc([N+](=O)[O-])ccc1NC(=O)C(=O)NCCc1ccc(F)cc1. The van der Waals surface area contributed by atoms with Crippen LogP contribution in [0.15, 0.2) is 42.5 Å². The quantitative estimate of drug-likeness (QED) is 0.465. The molecule has 2 N–H and O–H groups in total. The molecule has 0 atom stereocenters. The van der Waals surface area contributed by atoms with Crippen molar-refractivity contribution in [3.05, 3.63) is 64.0 Å². The van der Waals surface area contributed by atoms with E-state index in [0.717, 1.165) is 11.6 Å². The molecule has 0 heterocycles. The first-order valence-corrected chi connectivity index (χ1v) is 7.56. The van der Waals surface area contributed by atoms with Gasteiger partial charge < -0.3 is 15.4 Å². The maximum absolute atomic E-state index is 12.8. The number of halogens is 1. The summed E-state index contributed by atoms with van der Waals surface area (Å²) in [4.78, 5) is 33.9. The molecular formula is C17H16FN3O5. The van der Waals surface area contributed by atoms with Crippen molar-refractivity contribution in [1.29, 1.82) is 0 Å². The minimum atomic E-state index is -0.934. The third-order valence-electron chi connectivity index (χ3n) is 3.46. The van der Waals surface area contributed by atoms with Crippen LogP contribution in [0.2, 0.25) is 0 Å². The molecule has 9 heteroatoms. The van der Waals surface area contributed by atoms with E-state index in [9.17, 15) is 24.1 Å². The molecule has 2 aromatic rings. The van der Waals surface area contributed by atoms with E-state index in [2.05, 4.69) is 10.6 Å². The number of ether oxygens (including phenoxy) is 1. The minimum Gasteiger partial charge on any atom is -0.494 e. The first kappa shape index (κ1) is 18.8. The fourth-order valence-electron chi connectivity index (χ4n) is 2.13. The number of carbonyl (C=O) groups is 2. The van der Waals surface area contributed by atoms with Gasteiger partial charge >= 0.3 is 11.8 Å². The fourth-order valence-corrected chi connectivity index (χ4v) is 2.13. The van der Waals surface area contributed by atoms with Crippen LogP contribution in [-0.4, -0.2) is 30.4 Å². The maximum Gasteiger partial charge on any atom is 0.313 e. The second-order valence-corrected chi connectivity index (χ2v) is 5.23. The van der Waals surface area contributed by atoms with Gasteiger partial charge in [0.2, 0.25) is 0 Å². The summed E-state index contributed by atoms with van der Waals surface area (Å²) in [5.74, 6) is -2.09. The molecule has 0 fully saturated rings. The van der Waals surface area contributed by atoms with Crippen molar-refractivity contribution in [3.8, 4) is 5.75 Å². The van der Waals surface area contributed by atoms with Gasteiger partial charge in [0.15, 0.2) is 0 Å². The molecule has 0 aromatic heterocycles. The molecule has 2 amide bonds. The third kappa shape index (κ3) is 5.00. The number of methoxy groups -OCH3 is 1. The van der Waals surface area contributed by atoms with E-state index in [4.69, 9.17) is 4.74 Å². The predicted molar refractivity (Wildman–Crippen MR) is 91.4 cm³/mol. The first-order valence-electron chi connectivity index (χ1n) is 7.56. The molecule has 136 valence electrons. The number of anilines is 1. The zero-order chi connectivity index (χ0) is 19.1. The number of hydrogen-bond donors (Lipinski definition) is 2. The number of nitro groups is 1. The Morgan fingerprint density at radius 3 is 2.46 bits per heavy atom. The summed E-state index contributed by atoms with van der Waals surface area (Å²) in [5.41, 5.74) is 0.740. The molecule has 2 aromatic carbocycles. The van der Waals surface area contributed by atoms with Crippen LogP contribution in [0.4, 0.5) is 15.8 Å². The number of hydrogen-bond acceptors (Lipinski definition) is 5. The lowest BCUT2D eigenvalue weighted by Gasteiger charge is -2.10. The van der Waals surface area contributed by atoms with Crippen molar-refractivity contribution < 1.29 is 23.6 Å². The summed E-state index contributed by atoms with van der Waals surface area (Å²) >= 11 is 0. The van der Waals surface area contributed by atoms with E-state index in [1.807, 2.05) is 0 Å². The Morgan fingerprint density at radius 1 is 1.15 bits per heavy atom. The minimum absolute atomic E-state index is 0.0617. The Labute approximate surface area is 148 Å². The van der Waals surface area contributed by atoms with Gasteiger partial charge in [-0.1, -0.05) is 12.1 Å². The van der Waals surface area contributed by atoms with Crippen molar-refractivity contribution in [2.24, 2.45) is 0 Å². The molecule has 0 unspecified atom stereocenters. The Balaban J connectivity index is 1.91. The highest BCUT2D eigenvalue weighted by Crippen LogP contribution is 2.28. The summed E-state index contributed by atoms with van der Waals surface area (Å²) in [6, 6.07) is 9.40. The highest BCUT2D eigenvalue weighted by Gasteiger charge is 2.17. The van der Waals surface area contributed by atoms with Crippen molar-refractivity contribution in [3.63, 3.8) is 0 Å². The summed E-state index contributed by atoms with van der Waals surface area (Å²) in [6.07, 6.45) is 0.431. The Morgan fingerprint density at radius 2 is 1.85 bits per heavy atom. The summed E-state index contributed by atoms with van der Waals surface area (Å²) < 4.78 is 17.8. The number of carbonyl (C=O) groups excluding carboxylic acids is 2. The second-order valence-electron chi connectivity index (χ2n) is 5.23. The summed E-state index contributed by atoms with van der Waals surface area (Å²) in [5, 5.41) is 15.5. The molecule has 0 radical (unpaired) electrons. The van der Waals surface area contributed by atoms with Gasteiger partial charge in [-0.3, -0.25) is 19.7 Å². The van der Waals surface area contributed by atoms with Crippen molar-refractivity contribution in [2.45, 2.75) is 6.42 Å². The van der Waals surface area contributed by atoms with Crippen LogP contribution < -0.4 is 15.4 Å². The molecule has 26 heavy (non-hydrogen) atoms. The number of nitro benzene ring substituents is 1. The fraction of sp³-hybridized carbons (Fsp3) is 0.176. The van der Waals surface area contributed by atoms with Crippen LogP contribution in [0, 0.1) is 15.9 Å². The van der Waals surface area contributed by atoms with Crippen molar-refractivity contribution in [1.82, 2.24) is 5.32 Å². The van der Waals surface area contributed by atoms with E-state index in [1.54, 1.807) is 12.1 Å². The number of benzene rings is 2. The average Bonchev–Trinajstić information content (AvgIpc) is 2.63. The lowest BCUT2D eigenvalue weighted by atomic mass is 10.1. The Bertz CT molecular complexity index is 824. The van der Waals surface area contributed by atoms with Crippen molar-refractivity contribution in [2.75, 3.05) is 19.0 Å². The average molecular weight is 361 g/mol. The second kappa shape index (κ2) is 8.56. The number of rotatable bonds is 6. The van der Waals surface area contributed by atoms with Gasteiger partial charge in [-0.25, -0.2) is 4.39 Å². The van der Waals surface area contributed by atoms with Crippen LogP contribution in [0.3, 0.4) is 0 Å². The van der Waals surface area contributed by atoms with Gasteiger partial charge in [0.1, 0.15) is 11.6 Å². The Kier molecular flexibility index (Phi) is 6.20. The molecule has 8 nitrogen and oxygen atoms in total. The molecule has 0 saturated carbocycles. The molecule has 0 aliphatic carbocycles.